The highest BCUT2D eigenvalue weighted by Crippen LogP contribution is 2.30. The van der Waals surface area contributed by atoms with E-state index < -0.39 is 0 Å². The molecule has 0 saturated heterocycles. The molecule has 84 valence electrons. The van der Waals surface area contributed by atoms with Crippen LogP contribution in [0, 0.1) is 6.92 Å². The third-order valence-electron chi connectivity index (χ3n) is 2.50. The van der Waals surface area contributed by atoms with Crippen molar-refractivity contribution in [3.63, 3.8) is 0 Å². The molecule has 2 N–H and O–H groups in total. The lowest BCUT2D eigenvalue weighted by molar-refractivity contribution is 0.868. The number of halogens is 2. The minimum Gasteiger partial charge on any atom is -0.383 e. The molecule has 0 saturated carbocycles. The minimum atomic E-state index is 0.574. The molecule has 3 nitrogen and oxygen atoms in total. The van der Waals surface area contributed by atoms with Crippen molar-refractivity contribution in [1.82, 2.24) is 9.55 Å². The maximum absolute atomic E-state index is 5.95. The highest BCUT2D eigenvalue weighted by atomic mass is 35.5. The van der Waals surface area contributed by atoms with E-state index in [0.29, 0.717) is 21.6 Å². The normalized spacial score (nSPS) is 10.8. The molecule has 0 bridgehead atoms. The van der Waals surface area contributed by atoms with Gasteiger partial charge in [-0.05, 0) is 25.1 Å². The monoisotopic (exact) mass is 255 g/mol. The third kappa shape index (κ3) is 1.88. The van der Waals surface area contributed by atoms with Gasteiger partial charge in [0.25, 0.3) is 0 Å². The molecule has 0 aliphatic carbocycles. The van der Waals surface area contributed by atoms with Crippen LogP contribution in [0.4, 0.5) is 5.82 Å². The fourth-order valence-corrected chi connectivity index (χ4v) is 2.06. The molecule has 0 aliphatic rings. The Morgan fingerprint density at radius 1 is 1.19 bits per heavy atom. The first-order valence-corrected chi connectivity index (χ1v) is 5.50. The van der Waals surface area contributed by atoms with Gasteiger partial charge in [-0.15, -0.1) is 0 Å². The number of nitrogens with two attached hydrogens (primary N) is 1. The van der Waals surface area contributed by atoms with Crippen LogP contribution in [-0.4, -0.2) is 9.55 Å². The maximum Gasteiger partial charge on any atom is 0.131 e. The van der Waals surface area contributed by atoms with E-state index in [0.717, 1.165) is 11.4 Å². The van der Waals surface area contributed by atoms with Gasteiger partial charge in [-0.2, -0.15) is 0 Å². The first kappa shape index (κ1) is 11.3. The van der Waals surface area contributed by atoms with E-state index in [1.165, 1.54) is 0 Å². The van der Waals surface area contributed by atoms with Crippen LogP contribution in [-0.2, 0) is 7.05 Å². The quantitative estimate of drug-likeness (QED) is 0.850. The molecule has 1 aromatic heterocycles. The topological polar surface area (TPSA) is 43.8 Å². The van der Waals surface area contributed by atoms with E-state index in [1.54, 1.807) is 18.2 Å². The lowest BCUT2D eigenvalue weighted by Crippen LogP contribution is -1.98. The van der Waals surface area contributed by atoms with Gasteiger partial charge in [0.2, 0.25) is 0 Å². The van der Waals surface area contributed by atoms with Crippen molar-refractivity contribution in [3.8, 4) is 11.3 Å². The van der Waals surface area contributed by atoms with Gasteiger partial charge in [0.05, 0.1) is 0 Å². The molecule has 0 spiro atoms. The second-order valence-corrected chi connectivity index (χ2v) is 4.48. The minimum absolute atomic E-state index is 0.574. The van der Waals surface area contributed by atoms with Gasteiger partial charge in [0.1, 0.15) is 17.3 Å². The number of aromatic nitrogens is 2. The van der Waals surface area contributed by atoms with Crippen molar-refractivity contribution < 1.29 is 0 Å². The predicted octanol–water partition coefficient (Wildman–Crippen LogP) is 3.28. The van der Waals surface area contributed by atoms with Crippen LogP contribution in [0.5, 0.6) is 0 Å². The van der Waals surface area contributed by atoms with Gasteiger partial charge in [-0.25, -0.2) is 4.98 Å². The second-order valence-electron chi connectivity index (χ2n) is 3.61. The van der Waals surface area contributed by atoms with Gasteiger partial charge >= 0.3 is 0 Å². The predicted molar refractivity (Wildman–Crippen MR) is 67.8 cm³/mol. The summed E-state index contributed by atoms with van der Waals surface area (Å²) in [6.07, 6.45) is 0. The van der Waals surface area contributed by atoms with Crippen LogP contribution in [0.2, 0.25) is 10.0 Å². The van der Waals surface area contributed by atoms with Crippen molar-refractivity contribution in [1.29, 1.82) is 0 Å². The summed E-state index contributed by atoms with van der Waals surface area (Å²) in [7, 11) is 1.87. The Morgan fingerprint density at radius 3 is 2.19 bits per heavy atom. The number of benzene rings is 1. The number of rotatable bonds is 1. The summed E-state index contributed by atoms with van der Waals surface area (Å²) >= 11 is 11.9. The molecule has 0 radical (unpaired) electrons. The molecule has 16 heavy (non-hydrogen) atoms. The molecule has 1 heterocycles. The summed E-state index contributed by atoms with van der Waals surface area (Å²) in [6, 6.07) is 5.27. The van der Waals surface area contributed by atoms with Crippen molar-refractivity contribution >= 4 is 29.0 Å². The maximum atomic E-state index is 5.95. The molecule has 5 heteroatoms. The van der Waals surface area contributed by atoms with Crippen molar-refractivity contribution in [3.05, 3.63) is 34.1 Å². The average molecular weight is 256 g/mol. The standard InChI is InChI=1S/C11H11Cl2N3/c1-6-15-10(11(14)16(6)2)7-3-8(12)5-9(13)4-7/h3-5H,14H2,1-2H3. The second kappa shape index (κ2) is 4.00. The first-order valence-electron chi connectivity index (χ1n) is 4.74. The molecule has 2 aromatic rings. The first-order chi connectivity index (χ1) is 7.49. The Kier molecular flexibility index (Phi) is 2.82. The fraction of sp³-hybridized carbons (Fsp3) is 0.182. The highest BCUT2D eigenvalue weighted by Gasteiger charge is 2.12. The van der Waals surface area contributed by atoms with Crippen LogP contribution in [0.3, 0.4) is 0 Å². The number of nitrogens with zero attached hydrogens (tertiary/aromatic N) is 2. The Balaban J connectivity index is 2.62. The van der Waals surface area contributed by atoms with Gasteiger partial charge in [-0.3, -0.25) is 0 Å². The third-order valence-corrected chi connectivity index (χ3v) is 2.94. The SMILES string of the molecule is Cc1nc(-c2cc(Cl)cc(Cl)c2)c(N)n1C. The van der Waals surface area contributed by atoms with Crippen LogP contribution >= 0.6 is 23.2 Å². The summed E-state index contributed by atoms with van der Waals surface area (Å²) in [5.74, 6) is 1.46. The summed E-state index contributed by atoms with van der Waals surface area (Å²) in [5.41, 5.74) is 7.49. The van der Waals surface area contributed by atoms with E-state index in [2.05, 4.69) is 4.98 Å². The molecule has 0 aliphatic heterocycles. The van der Waals surface area contributed by atoms with E-state index in [4.69, 9.17) is 28.9 Å². The van der Waals surface area contributed by atoms with Crippen molar-refractivity contribution in [2.45, 2.75) is 6.92 Å². The fourth-order valence-electron chi connectivity index (χ4n) is 1.53. The summed E-state index contributed by atoms with van der Waals surface area (Å²) in [6.45, 7) is 1.89. The van der Waals surface area contributed by atoms with Crippen LogP contribution in [0.15, 0.2) is 18.2 Å². The largest absolute Gasteiger partial charge is 0.383 e. The smallest absolute Gasteiger partial charge is 0.131 e. The molecule has 2 rings (SSSR count). The number of imidazole rings is 1. The molecule has 0 fully saturated rings. The summed E-state index contributed by atoms with van der Waals surface area (Å²) in [4.78, 5) is 4.38. The molecule has 0 unspecified atom stereocenters. The Hall–Kier alpha value is -1.19. The van der Waals surface area contributed by atoms with Crippen molar-refractivity contribution in [2.75, 3.05) is 5.73 Å². The number of anilines is 1. The molecular weight excluding hydrogens is 245 g/mol. The van der Waals surface area contributed by atoms with Gasteiger partial charge < -0.3 is 10.3 Å². The van der Waals surface area contributed by atoms with Crippen LogP contribution in [0.1, 0.15) is 5.82 Å². The summed E-state index contributed by atoms with van der Waals surface area (Å²) in [5, 5.41) is 1.15. The Bertz CT molecular complexity index is 526. The molecular formula is C11H11Cl2N3. The van der Waals surface area contributed by atoms with E-state index in [-0.39, 0.29) is 0 Å². The molecule has 1 aromatic carbocycles. The highest BCUT2D eigenvalue weighted by molar-refractivity contribution is 6.35. The molecule has 0 amide bonds. The Labute approximate surface area is 104 Å². The van der Waals surface area contributed by atoms with E-state index in [1.807, 2.05) is 18.5 Å². The number of aryl methyl sites for hydroxylation is 1. The zero-order valence-electron chi connectivity index (χ0n) is 8.96. The lowest BCUT2D eigenvalue weighted by Gasteiger charge is -2.02. The van der Waals surface area contributed by atoms with Gasteiger partial charge in [0, 0.05) is 22.7 Å². The van der Waals surface area contributed by atoms with Crippen LogP contribution < -0.4 is 5.73 Å². The van der Waals surface area contributed by atoms with Crippen LogP contribution in [0.25, 0.3) is 11.3 Å². The average Bonchev–Trinajstić information content (AvgIpc) is 2.44. The summed E-state index contributed by atoms with van der Waals surface area (Å²) < 4.78 is 1.82. The van der Waals surface area contributed by atoms with Crippen molar-refractivity contribution in [2.24, 2.45) is 7.05 Å². The van der Waals surface area contributed by atoms with E-state index in [9.17, 15) is 0 Å². The van der Waals surface area contributed by atoms with E-state index >= 15 is 0 Å². The van der Waals surface area contributed by atoms with Gasteiger partial charge in [0.15, 0.2) is 0 Å². The number of hydrogen-bond donors (Lipinski definition) is 1. The number of nitrogen functional groups attached to an aromatic ring is 1. The Morgan fingerprint density at radius 2 is 1.75 bits per heavy atom. The van der Waals surface area contributed by atoms with Gasteiger partial charge in [-0.1, -0.05) is 23.2 Å². The molecule has 0 atom stereocenters. The lowest BCUT2D eigenvalue weighted by atomic mass is 10.1. The zero-order chi connectivity index (χ0) is 11.9. The number of hydrogen-bond acceptors (Lipinski definition) is 2. The zero-order valence-corrected chi connectivity index (χ0v) is 10.5.